The molecule has 0 radical (unpaired) electrons. The zero-order valence-electron chi connectivity index (χ0n) is 16.2. The highest BCUT2D eigenvalue weighted by Crippen LogP contribution is 2.56. The fraction of sp³-hybridized carbons (Fsp3) is 0.500. The number of amides is 2. The number of urea groups is 1. The number of carbonyl (C=O) groups is 1. The van der Waals surface area contributed by atoms with Crippen LogP contribution in [0.15, 0.2) is 30.3 Å². The van der Waals surface area contributed by atoms with E-state index in [4.69, 9.17) is 0 Å². The maximum absolute atomic E-state index is 11.9. The SMILES string of the molecule is CC[C@@]12C=C(CNC(=O)NC)n3c4c(c5ccccc53)CCN(CCC1)[C@H]42. The first kappa shape index (κ1) is 16.9. The minimum absolute atomic E-state index is 0.126. The van der Waals surface area contributed by atoms with E-state index in [2.05, 4.69) is 57.4 Å². The Kier molecular flexibility index (Phi) is 3.83. The highest BCUT2D eigenvalue weighted by Gasteiger charge is 2.50. The molecule has 27 heavy (non-hydrogen) atoms. The standard InChI is InChI=1S/C22H28N4O/c1-3-22-10-6-11-25-12-9-17-16-7-4-5-8-18(16)26(19(17)20(22)25)15(13-22)14-24-21(27)23-2/h4-5,7-8,13,20H,3,6,9-12,14H2,1-2H3,(H2,23,24,27)/t20-,22+/m1/s1. The second kappa shape index (κ2) is 6.13. The molecular weight excluding hydrogens is 336 g/mol. The number of aromatic nitrogens is 1. The maximum atomic E-state index is 11.9. The third-order valence-electron chi connectivity index (χ3n) is 6.98. The van der Waals surface area contributed by atoms with Gasteiger partial charge in [0.25, 0.3) is 0 Å². The van der Waals surface area contributed by atoms with Crippen LogP contribution < -0.4 is 10.6 Å². The van der Waals surface area contributed by atoms with Crippen molar-refractivity contribution < 1.29 is 4.79 Å². The predicted octanol–water partition coefficient (Wildman–Crippen LogP) is 3.51. The predicted molar refractivity (Wildman–Crippen MR) is 109 cm³/mol. The molecule has 1 aromatic carbocycles. The van der Waals surface area contributed by atoms with Crippen molar-refractivity contribution in [1.82, 2.24) is 20.1 Å². The van der Waals surface area contributed by atoms with Crippen molar-refractivity contribution in [2.24, 2.45) is 5.41 Å². The van der Waals surface area contributed by atoms with Gasteiger partial charge in [0, 0.05) is 35.8 Å². The van der Waals surface area contributed by atoms with Crippen molar-refractivity contribution in [2.45, 2.75) is 38.6 Å². The molecule has 2 atom stereocenters. The van der Waals surface area contributed by atoms with E-state index in [1.807, 2.05) is 0 Å². The van der Waals surface area contributed by atoms with Crippen LogP contribution in [0.25, 0.3) is 16.6 Å². The Hall–Kier alpha value is -2.27. The number of nitrogens with zero attached hydrogens (tertiary/aromatic N) is 2. The Balaban J connectivity index is 1.74. The lowest BCUT2D eigenvalue weighted by atomic mass is 9.66. The van der Waals surface area contributed by atoms with Crippen LogP contribution >= 0.6 is 0 Å². The summed E-state index contributed by atoms with van der Waals surface area (Å²) >= 11 is 0. The maximum Gasteiger partial charge on any atom is 0.314 e. The minimum Gasteiger partial charge on any atom is -0.341 e. The second-order valence-corrected chi connectivity index (χ2v) is 8.16. The van der Waals surface area contributed by atoms with E-state index in [0.29, 0.717) is 12.6 Å². The molecule has 1 saturated heterocycles. The van der Waals surface area contributed by atoms with Gasteiger partial charge in [0.15, 0.2) is 0 Å². The highest BCUT2D eigenvalue weighted by atomic mass is 16.2. The fourth-order valence-corrected chi connectivity index (χ4v) is 5.78. The quantitative estimate of drug-likeness (QED) is 0.876. The van der Waals surface area contributed by atoms with Crippen molar-refractivity contribution in [2.75, 3.05) is 26.7 Å². The van der Waals surface area contributed by atoms with Gasteiger partial charge in [0.2, 0.25) is 0 Å². The fourth-order valence-electron chi connectivity index (χ4n) is 5.78. The van der Waals surface area contributed by atoms with E-state index in [9.17, 15) is 4.79 Å². The van der Waals surface area contributed by atoms with E-state index in [0.717, 1.165) is 19.4 Å². The molecule has 5 heteroatoms. The largest absolute Gasteiger partial charge is 0.341 e. The van der Waals surface area contributed by atoms with Crippen molar-refractivity contribution in [1.29, 1.82) is 0 Å². The number of para-hydroxylation sites is 1. The molecule has 0 saturated carbocycles. The van der Waals surface area contributed by atoms with E-state index in [1.165, 1.54) is 47.2 Å². The summed E-state index contributed by atoms with van der Waals surface area (Å²) in [6.07, 6.45) is 7.24. The van der Waals surface area contributed by atoms with Gasteiger partial charge in [-0.25, -0.2) is 4.79 Å². The molecule has 2 N–H and O–H groups in total. The number of piperidine rings is 1. The summed E-state index contributed by atoms with van der Waals surface area (Å²) in [5.41, 5.74) is 5.69. The number of fused-ring (bicyclic) bond motifs is 3. The highest BCUT2D eigenvalue weighted by molar-refractivity contribution is 5.90. The van der Waals surface area contributed by atoms with Gasteiger partial charge in [-0.05, 0) is 43.9 Å². The van der Waals surface area contributed by atoms with Crippen LogP contribution in [0.5, 0.6) is 0 Å². The molecule has 1 fully saturated rings. The van der Waals surface area contributed by atoms with E-state index < -0.39 is 0 Å². The van der Waals surface area contributed by atoms with Crippen LogP contribution in [-0.2, 0) is 6.42 Å². The number of rotatable bonds is 3. The summed E-state index contributed by atoms with van der Waals surface area (Å²) in [5.74, 6) is 0. The molecule has 0 spiro atoms. The zero-order chi connectivity index (χ0) is 18.6. The third-order valence-corrected chi connectivity index (χ3v) is 6.98. The third kappa shape index (κ3) is 2.30. The van der Waals surface area contributed by atoms with Gasteiger partial charge in [-0.2, -0.15) is 0 Å². The van der Waals surface area contributed by atoms with Gasteiger partial charge < -0.3 is 15.2 Å². The van der Waals surface area contributed by atoms with Crippen molar-refractivity contribution in [3.05, 3.63) is 41.6 Å². The first-order valence-corrected chi connectivity index (χ1v) is 10.2. The Morgan fingerprint density at radius 1 is 1.30 bits per heavy atom. The minimum atomic E-state index is -0.126. The smallest absolute Gasteiger partial charge is 0.314 e. The Morgan fingerprint density at radius 2 is 2.15 bits per heavy atom. The van der Waals surface area contributed by atoms with Crippen LogP contribution in [0.3, 0.4) is 0 Å². The van der Waals surface area contributed by atoms with Gasteiger partial charge in [0.1, 0.15) is 0 Å². The average Bonchev–Trinajstić information content (AvgIpc) is 3.06. The Labute approximate surface area is 160 Å². The summed E-state index contributed by atoms with van der Waals surface area (Å²) in [6, 6.07) is 9.12. The molecule has 5 rings (SSSR count). The zero-order valence-corrected chi connectivity index (χ0v) is 16.2. The topological polar surface area (TPSA) is 49.3 Å². The van der Waals surface area contributed by atoms with Crippen molar-refractivity contribution in [3.8, 4) is 0 Å². The van der Waals surface area contributed by atoms with Gasteiger partial charge in [0.05, 0.1) is 18.1 Å². The number of hydrogen-bond acceptors (Lipinski definition) is 2. The molecule has 1 aromatic heterocycles. The molecule has 2 amide bonds. The van der Waals surface area contributed by atoms with E-state index >= 15 is 0 Å². The molecule has 0 aliphatic carbocycles. The van der Waals surface area contributed by atoms with E-state index in [-0.39, 0.29) is 11.4 Å². The van der Waals surface area contributed by atoms with Gasteiger partial charge in [-0.15, -0.1) is 0 Å². The monoisotopic (exact) mass is 364 g/mol. The van der Waals surface area contributed by atoms with Gasteiger partial charge in [-0.1, -0.05) is 31.2 Å². The van der Waals surface area contributed by atoms with Gasteiger partial charge in [-0.3, -0.25) is 4.90 Å². The molecule has 0 unspecified atom stereocenters. The summed E-state index contributed by atoms with van der Waals surface area (Å²) in [6.45, 7) is 5.25. The van der Waals surface area contributed by atoms with Crippen LogP contribution in [0.2, 0.25) is 0 Å². The molecule has 5 nitrogen and oxygen atoms in total. The Morgan fingerprint density at radius 3 is 2.96 bits per heavy atom. The van der Waals surface area contributed by atoms with Crippen LogP contribution in [0, 0.1) is 5.41 Å². The first-order chi connectivity index (χ1) is 13.2. The first-order valence-electron chi connectivity index (χ1n) is 10.2. The number of nitrogens with one attached hydrogen (secondary N) is 2. The summed E-state index contributed by atoms with van der Waals surface area (Å²) in [4.78, 5) is 14.6. The number of hydrogen-bond donors (Lipinski definition) is 2. The molecule has 3 aliphatic heterocycles. The molecule has 0 bridgehead atoms. The molecule has 3 aliphatic rings. The summed E-state index contributed by atoms with van der Waals surface area (Å²) < 4.78 is 2.46. The summed E-state index contributed by atoms with van der Waals surface area (Å²) in [5, 5.41) is 7.09. The molecular formula is C22H28N4O. The van der Waals surface area contributed by atoms with Crippen LogP contribution in [0.1, 0.15) is 43.5 Å². The lowest BCUT2D eigenvalue weighted by molar-refractivity contribution is 0.0268. The van der Waals surface area contributed by atoms with Crippen LogP contribution in [-0.4, -0.2) is 42.2 Å². The van der Waals surface area contributed by atoms with Crippen LogP contribution in [0.4, 0.5) is 4.79 Å². The number of carbonyl (C=O) groups excluding carboxylic acids is 1. The molecule has 2 aromatic rings. The van der Waals surface area contributed by atoms with Crippen molar-refractivity contribution >= 4 is 22.6 Å². The molecule has 142 valence electrons. The normalized spacial score (nSPS) is 26.4. The Bertz CT molecular complexity index is 943. The van der Waals surface area contributed by atoms with Crippen molar-refractivity contribution in [3.63, 3.8) is 0 Å². The second-order valence-electron chi connectivity index (χ2n) is 8.16. The van der Waals surface area contributed by atoms with E-state index in [1.54, 1.807) is 7.05 Å². The summed E-state index contributed by atoms with van der Waals surface area (Å²) in [7, 11) is 1.67. The van der Waals surface area contributed by atoms with Gasteiger partial charge >= 0.3 is 6.03 Å². The molecule has 4 heterocycles. The lowest BCUT2D eigenvalue weighted by Crippen LogP contribution is -2.51. The number of benzene rings is 1. The average molecular weight is 364 g/mol. The lowest BCUT2D eigenvalue weighted by Gasteiger charge is -2.53.